The second-order valence-corrected chi connectivity index (χ2v) is 6.72. The van der Waals surface area contributed by atoms with Gasteiger partial charge < -0.3 is 10.6 Å². The Morgan fingerprint density at radius 1 is 1.24 bits per heavy atom. The van der Waals surface area contributed by atoms with Crippen molar-refractivity contribution < 1.29 is 22.0 Å². The minimum atomic E-state index is -3.44. The van der Waals surface area contributed by atoms with Crippen LogP contribution in [0, 0.1) is 11.6 Å². The highest BCUT2D eigenvalue weighted by atomic mass is 32.2. The number of hydrogen-bond donors (Lipinski definition) is 2. The zero-order valence-electron chi connectivity index (χ0n) is 11.9. The van der Waals surface area contributed by atoms with Crippen molar-refractivity contribution in [1.82, 2.24) is 9.62 Å². The maximum absolute atomic E-state index is 13.5. The molecule has 0 aromatic heterocycles. The van der Waals surface area contributed by atoms with Crippen molar-refractivity contribution in [2.24, 2.45) is 0 Å². The van der Waals surface area contributed by atoms with Crippen LogP contribution in [0.15, 0.2) is 12.1 Å². The maximum atomic E-state index is 13.5. The average Bonchev–Trinajstić information content (AvgIpc) is 2.37. The van der Waals surface area contributed by atoms with Gasteiger partial charge in [0.15, 0.2) is 0 Å². The number of carbonyl (C=O) groups is 1. The number of anilines is 1. The summed E-state index contributed by atoms with van der Waals surface area (Å²) in [5.74, 6) is -2.85. The van der Waals surface area contributed by atoms with E-state index in [2.05, 4.69) is 10.6 Å². The van der Waals surface area contributed by atoms with E-state index < -0.39 is 27.6 Å². The van der Waals surface area contributed by atoms with Crippen LogP contribution in [0.1, 0.15) is 10.4 Å². The highest BCUT2D eigenvalue weighted by molar-refractivity contribution is 7.89. The van der Waals surface area contributed by atoms with Gasteiger partial charge in [-0.2, -0.15) is 0 Å². The first-order valence-corrected chi connectivity index (χ1v) is 7.65. The normalized spacial score (nSPS) is 11.5. The third-order valence-electron chi connectivity index (χ3n) is 2.76. The minimum absolute atomic E-state index is 0.156. The number of amides is 1. The van der Waals surface area contributed by atoms with Crippen LogP contribution in [0.5, 0.6) is 0 Å². The molecule has 0 aliphatic carbocycles. The van der Waals surface area contributed by atoms with Gasteiger partial charge in [0.2, 0.25) is 10.0 Å². The first kappa shape index (κ1) is 17.3. The van der Waals surface area contributed by atoms with Gasteiger partial charge >= 0.3 is 0 Å². The number of halogens is 2. The number of nitrogens with one attached hydrogen (secondary N) is 2. The van der Waals surface area contributed by atoms with E-state index in [4.69, 9.17) is 0 Å². The fraction of sp³-hybridized carbons (Fsp3) is 0.417. The molecule has 0 aliphatic rings. The highest BCUT2D eigenvalue weighted by Gasteiger charge is 2.16. The van der Waals surface area contributed by atoms with Crippen molar-refractivity contribution in [2.75, 3.05) is 38.8 Å². The first-order valence-electron chi connectivity index (χ1n) is 6.04. The van der Waals surface area contributed by atoms with Gasteiger partial charge in [0.25, 0.3) is 5.91 Å². The van der Waals surface area contributed by atoms with Gasteiger partial charge in [-0.05, 0) is 12.1 Å². The van der Waals surface area contributed by atoms with Crippen molar-refractivity contribution in [3.8, 4) is 0 Å². The van der Waals surface area contributed by atoms with Gasteiger partial charge in [0.1, 0.15) is 17.3 Å². The molecule has 1 aromatic carbocycles. The summed E-state index contributed by atoms with van der Waals surface area (Å²) in [4.78, 5) is 11.7. The summed E-state index contributed by atoms with van der Waals surface area (Å²) < 4.78 is 51.0. The summed E-state index contributed by atoms with van der Waals surface area (Å²) in [6, 6.07) is 1.76. The summed E-state index contributed by atoms with van der Waals surface area (Å²) in [6.07, 6.45) is 0. The van der Waals surface area contributed by atoms with E-state index in [0.717, 1.165) is 16.4 Å². The van der Waals surface area contributed by atoms with Crippen LogP contribution in [0.2, 0.25) is 0 Å². The van der Waals surface area contributed by atoms with Crippen LogP contribution in [0.3, 0.4) is 0 Å². The second-order valence-electron chi connectivity index (χ2n) is 4.42. The molecule has 1 aromatic rings. The fourth-order valence-electron chi connectivity index (χ4n) is 1.52. The predicted octanol–water partition coefficient (Wildman–Crippen LogP) is 0.628. The molecule has 21 heavy (non-hydrogen) atoms. The lowest BCUT2D eigenvalue weighted by molar-refractivity contribution is 0.0955. The summed E-state index contributed by atoms with van der Waals surface area (Å²) in [5, 5.41) is 4.64. The van der Waals surface area contributed by atoms with E-state index >= 15 is 0 Å². The van der Waals surface area contributed by atoms with E-state index in [-0.39, 0.29) is 23.5 Å². The standard InChI is InChI=1S/C12H17F2N3O3S/c1-15-11-9(13)6-8(7-10(11)14)12(18)16-4-5-21(19,20)17(2)3/h6-7,15H,4-5H2,1-3H3,(H,16,18). The molecule has 0 saturated heterocycles. The van der Waals surface area contributed by atoms with Crippen molar-refractivity contribution >= 4 is 21.6 Å². The molecule has 0 bridgehead atoms. The van der Waals surface area contributed by atoms with Gasteiger partial charge in [0.05, 0.1) is 5.75 Å². The molecule has 1 rings (SSSR count). The van der Waals surface area contributed by atoms with Gasteiger partial charge in [-0.1, -0.05) is 0 Å². The Morgan fingerprint density at radius 3 is 2.19 bits per heavy atom. The smallest absolute Gasteiger partial charge is 0.251 e. The number of nitrogens with zero attached hydrogens (tertiary/aromatic N) is 1. The lowest BCUT2D eigenvalue weighted by Crippen LogP contribution is -2.34. The molecule has 0 fully saturated rings. The van der Waals surface area contributed by atoms with Gasteiger partial charge in [-0.3, -0.25) is 4.79 Å². The molecule has 2 N–H and O–H groups in total. The molecule has 0 radical (unpaired) electrons. The summed E-state index contributed by atoms with van der Waals surface area (Å²) in [6.45, 7) is -0.156. The third kappa shape index (κ3) is 4.36. The Morgan fingerprint density at radius 2 is 1.76 bits per heavy atom. The molecule has 0 saturated carbocycles. The van der Waals surface area contributed by atoms with E-state index in [1.165, 1.54) is 21.1 Å². The van der Waals surface area contributed by atoms with Crippen LogP contribution >= 0.6 is 0 Å². The van der Waals surface area contributed by atoms with Gasteiger partial charge in [0, 0.05) is 33.3 Å². The number of carbonyl (C=O) groups excluding carboxylic acids is 1. The minimum Gasteiger partial charge on any atom is -0.383 e. The molecule has 118 valence electrons. The Balaban J connectivity index is 2.74. The summed E-state index contributed by atoms with van der Waals surface area (Å²) in [7, 11) is 0.659. The monoisotopic (exact) mass is 321 g/mol. The maximum Gasteiger partial charge on any atom is 0.251 e. The summed E-state index contributed by atoms with van der Waals surface area (Å²) in [5.41, 5.74) is -0.548. The van der Waals surface area contributed by atoms with Crippen LogP contribution in [-0.4, -0.2) is 52.1 Å². The molecular weight excluding hydrogens is 304 g/mol. The largest absolute Gasteiger partial charge is 0.383 e. The number of hydrogen-bond acceptors (Lipinski definition) is 4. The summed E-state index contributed by atoms with van der Waals surface area (Å²) >= 11 is 0. The zero-order chi connectivity index (χ0) is 16.2. The SMILES string of the molecule is CNc1c(F)cc(C(=O)NCCS(=O)(=O)N(C)C)cc1F. The van der Waals surface area contributed by atoms with E-state index in [1.807, 2.05) is 0 Å². The molecule has 1 amide bonds. The molecule has 0 aliphatic heterocycles. The van der Waals surface area contributed by atoms with Crippen molar-refractivity contribution in [2.45, 2.75) is 0 Å². The first-order chi connectivity index (χ1) is 9.69. The van der Waals surface area contributed by atoms with Crippen LogP contribution in [0.25, 0.3) is 0 Å². The lowest BCUT2D eigenvalue weighted by atomic mass is 10.1. The number of rotatable bonds is 6. The van der Waals surface area contributed by atoms with Crippen molar-refractivity contribution in [3.63, 3.8) is 0 Å². The fourth-order valence-corrected chi connectivity index (χ4v) is 2.25. The Kier molecular flexibility index (Phi) is 5.62. The van der Waals surface area contributed by atoms with Crippen LogP contribution in [-0.2, 0) is 10.0 Å². The van der Waals surface area contributed by atoms with E-state index in [1.54, 1.807) is 0 Å². The van der Waals surface area contributed by atoms with E-state index in [9.17, 15) is 22.0 Å². The average molecular weight is 321 g/mol. The van der Waals surface area contributed by atoms with Gasteiger partial charge in [-0.15, -0.1) is 0 Å². The van der Waals surface area contributed by atoms with Crippen molar-refractivity contribution in [1.29, 1.82) is 0 Å². The molecule has 0 unspecified atom stereocenters. The number of benzene rings is 1. The predicted molar refractivity (Wildman–Crippen MR) is 75.7 cm³/mol. The Bertz CT molecular complexity index is 610. The zero-order valence-corrected chi connectivity index (χ0v) is 12.7. The second kappa shape index (κ2) is 6.81. The molecule has 0 spiro atoms. The highest BCUT2D eigenvalue weighted by Crippen LogP contribution is 2.20. The van der Waals surface area contributed by atoms with E-state index in [0.29, 0.717) is 0 Å². The molecular formula is C12H17F2N3O3S. The third-order valence-corrected chi connectivity index (χ3v) is 4.59. The number of sulfonamides is 1. The topological polar surface area (TPSA) is 78.5 Å². The Hall–Kier alpha value is -1.74. The molecule has 0 heterocycles. The molecule has 9 heteroatoms. The lowest BCUT2D eigenvalue weighted by Gasteiger charge is -2.12. The van der Waals surface area contributed by atoms with Crippen molar-refractivity contribution in [3.05, 3.63) is 29.3 Å². The quantitative estimate of drug-likeness (QED) is 0.805. The molecule has 0 atom stereocenters. The van der Waals surface area contributed by atoms with Crippen LogP contribution < -0.4 is 10.6 Å². The Labute approximate surface area is 122 Å². The van der Waals surface area contributed by atoms with Gasteiger partial charge in [-0.25, -0.2) is 21.5 Å². The van der Waals surface area contributed by atoms with Crippen LogP contribution in [0.4, 0.5) is 14.5 Å². The molecule has 6 nitrogen and oxygen atoms in total.